The number of alkyl carbamates (subject to hydrolysis) is 1. The number of carbonyl (C=O) groups is 3. The van der Waals surface area contributed by atoms with Crippen LogP contribution in [0.1, 0.15) is 42.7 Å². The Bertz CT molecular complexity index is 1050. The van der Waals surface area contributed by atoms with E-state index < -0.39 is 36.2 Å². The van der Waals surface area contributed by atoms with Crippen LogP contribution in [0.4, 0.5) is 4.79 Å². The summed E-state index contributed by atoms with van der Waals surface area (Å²) in [6, 6.07) is 14.8. The predicted molar refractivity (Wildman–Crippen MR) is 123 cm³/mol. The Kier molecular flexibility index (Phi) is 6.24. The van der Waals surface area contributed by atoms with Crippen molar-refractivity contribution in [3.05, 3.63) is 59.7 Å². The third kappa shape index (κ3) is 4.63. The second-order valence-electron chi connectivity index (χ2n) is 9.23. The van der Waals surface area contributed by atoms with Gasteiger partial charge in [-0.05, 0) is 41.0 Å². The van der Waals surface area contributed by atoms with Gasteiger partial charge in [-0.15, -0.1) is 0 Å². The second-order valence-corrected chi connectivity index (χ2v) is 9.23. The maximum absolute atomic E-state index is 12.9. The minimum atomic E-state index is -1.11. The number of carboxylic acids is 1. The number of carboxylic acid groups (broad SMARTS) is 1. The van der Waals surface area contributed by atoms with Gasteiger partial charge in [0.25, 0.3) is 0 Å². The van der Waals surface area contributed by atoms with Gasteiger partial charge in [-0.3, -0.25) is 4.79 Å². The molecule has 178 valence electrons. The molecule has 2 aromatic carbocycles. The van der Waals surface area contributed by atoms with Crippen LogP contribution in [0.3, 0.4) is 0 Å². The lowest BCUT2D eigenvalue weighted by Gasteiger charge is -2.23. The molecule has 3 atom stereocenters. The first kappa shape index (κ1) is 22.4. The molecular weight excluding hydrogens is 436 g/mol. The maximum atomic E-state index is 12.9. The van der Waals surface area contributed by atoms with Gasteiger partial charge in [-0.1, -0.05) is 61.4 Å². The van der Waals surface area contributed by atoms with Crippen molar-refractivity contribution in [1.29, 1.82) is 0 Å². The summed E-state index contributed by atoms with van der Waals surface area (Å²) in [7, 11) is 0. The number of benzene rings is 2. The molecule has 2 aliphatic carbocycles. The molecule has 1 heterocycles. The van der Waals surface area contributed by atoms with Crippen molar-refractivity contribution < 1.29 is 29.0 Å². The Balaban J connectivity index is 1.22. The largest absolute Gasteiger partial charge is 0.479 e. The summed E-state index contributed by atoms with van der Waals surface area (Å²) in [4.78, 5) is 37.0. The molecule has 1 aliphatic heterocycles. The van der Waals surface area contributed by atoms with Gasteiger partial charge in [0, 0.05) is 12.5 Å². The van der Waals surface area contributed by atoms with E-state index in [-0.39, 0.29) is 19.1 Å². The smallest absolute Gasteiger partial charge is 0.407 e. The topological polar surface area (TPSA) is 114 Å². The van der Waals surface area contributed by atoms with Gasteiger partial charge in [0.2, 0.25) is 5.91 Å². The number of hydrogen-bond donors (Lipinski definition) is 3. The van der Waals surface area contributed by atoms with Gasteiger partial charge in [0.05, 0.1) is 6.04 Å². The Morgan fingerprint density at radius 1 is 1.00 bits per heavy atom. The molecule has 8 heteroatoms. The Labute approximate surface area is 197 Å². The lowest BCUT2D eigenvalue weighted by Crippen LogP contribution is -2.52. The standard InChI is InChI=1S/C26H28N2O6/c29-24(27-21-11-12-33-23(21)25(30)31)22(13-15-9-10-15)28-26(32)34-14-20-18-7-3-1-5-16(18)17-6-2-4-8-19(17)20/h1-8,15,20-23H,9-14H2,(H,27,29)(H,28,32)(H,30,31)/t21?,22-,23?/m0/s1. The first-order chi connectivity index (χ1) is 16.5. The van der Waals surface area contributed by atoms with Crippen LogP contribution in [-0.4, -0.2) is 54.5 Å². The van der Waals surface area contributed by atoms with Crippen molar-refractivity contribution in [2.75, 3.05) is 13.2 Å². The van der Waals surface area contributed by atoms with Crippen molar-refractivity contribution in [3.63, 3.8) is 0 Å². The molecule has 2 unspecified atom stereocenters. The summed E-state index contributed by atoms with van der Waals surface area (Å²) >= 11 is 0. The van der Waals surface area contributed by atoms with Crippen molar-refractivity contribution in [3.8, 4) is 11.1 Å². The number of fused-ring (bicyclic) bond motifs is 3. The van der Waals surface area contributed by atoms with Crippen molar-refractivity contribution >= 4 is 18.0 Å². The molecular formula is C26H28N2O6. The van der Waals surface area contributed by atoms with E-state index in [1.54, 1.807) is 0 Å². The molecule has 8 nitrogen and oxygen atoms in total. The number of nitrogens with one attached hydrogen (secondary N) is 2. The highest BCUT2D eigenvalue weighted by Crippen LogP contribution is 2.44. The lowest BCUT2D eigenvalue weighted by atomic mass is 9.98. The Hall–Kier alpha value is -3.39. The predicted octanol–water partition coefficient (Wildman–Crippen LogP) is 3.05. The van der Waals surface area contributed by atoms with Crippen LogP contribution in [0.5, 0.6) is 0 Å². The zero-order valence-electron chi connectivity index (χ0n) is 18.7. The van der Waals surface area contributed by atoms with E-state index in [9.17, 15) is 19.5 Å². The normalized spacial score (nSPS) is 21.9. The fourth-order valence-corrected chi connectivity index (χ4v) is 4.96. The molecule has 2 aromatic rings. The number of rotatable bonds is 8. The quantitative estimate of drug-likeness (QED) is 0.553. The van der Waals surface area contributed by atoms with Gasteiger partial charge >= 0.3 is 12.1 Å². The first-order valence-electron chi connectivity index (χ1n) is 11.8. The second kappa shape index (κ2) is 9.46. The molecule has 2 amide bonds. The van der Waals surface area contributed by atoms with Crippen molar-refractivity contribution in [2.24, 2.45) is 5.92 Å². The summed E-state index contributed by atoms with van der Waals surface area (Å²) in [5, 5.41) is 14.8. The molecule has 0 radical (unpaired) electrons. The average molecular weight is 465 g/mol. The van der Waals surface area contributed by atoms with E-state index in [0.29, 0.717) is 18.8 Å². The highest BCUT2D eigenvalue weighted by Gasteiger charge is 2.38. The van der Waals surface area contributed by atoms with Crippen LogP contribution in [-0.2, 0) is 19.1 Å². The van der Waals surface area contributed by atoms with E-state index in [0.717, 1.165) is 35.1 Å². The van der Waals surface area contributed by atoms with Crippen molar-refractivity contribution in [2.45, 2.75) is 49.8 Å². The van der Waals surface area contributed by atoms with E-state index in [1.165, 1.54) is 0 Å². The minimum Gasteiger partial charge on any atom is -0.479 e. The highest BCUT2D eigenvalue weighted by molar-refractivity contribution is 5.87. The summed E-state index contributed by atoms with van der Waals surface area (Å²) in [6.07, 6.45) is 1.23. The van der Waals surface area contributed by atoms with E-state index in [4.69, 9.17) is 9.47 Å². The SMILES string of the molecule is O=C(N[C@@H](CC1CC1)C(=O)NC1CCOC1C(=O)O)OCC1c2ccccc2-c2ccccc21. The van der Waals surface area contributed by atoms with Gasteiger partial charge in [0.1, 0.15) is 12.6 Å². The van der Waals surface area contributed by atoms with Crippen LogP contribution in [0.2, 0.25) is 0 Å². The molecule has 3 N–H and O–H groups in total. The maximum Gasteiger partial charge on any atom is 0.407 e. The number of amides is 2. The molecule has 34 heavy (non-hydrogen) atoms. The highest BCUT2D eigenvalue weighted by atomic mass is 16.5. The molecule has 0 spiro atoms. The third-order valence-corrected chi connectivity index (χ3v) is 6.88. The molecule has 3 aliphatic rings. The molecule has 2 fully saturated rings. The van der Waals surface area contributed by atoms with E-state index in [1.807, 2.05) is 36.4 Å². The van der Waals surface area contributed by atoms with Crippen LogP contribution in [0, 0.1) is 5.92 Å². The van der Waals surface area contributed by atoms with Crippen LogP contribution < -0.4 is 10.6 Å². The molecule has 5 rings (SSSR count). The summed E-state index contributed by atoms with van der Waals surface area (Å²) in [6.45, 7) is 0.435. The Morgan fingerprint density at radius 2 is 1.65 bits per heavy atom. The van der Waals surface area contributed by atoms with Crippen LogP contribution in [0.15, 0.2) is 48.5 Å². The van der Waals surface area contributed by atoms with Gasteiger partial charge < -0.3 is 25.2 Å². The van der Waals surface area contributed by atoms with Crippen molar-refractivity contribution in [1.82, 2.24) is 10.6 Å². The lowest BCUT2D eigenvalue weighted by molar-refractivity contribution is -0.148. The molecule has 0 aromatic heterocycles. The molecule has 1 saturated carbocycles. The summed E-state index contributed by atoms with van der Waals surface area (Å²) in [5.41, 5.74) is 4.52. The average Bonchev–Trinajstić information content (AvgIpc) is 3.43. The monoisotopic (exact) mass is 464 g/mol. The third-order valence-electron chi connectivity index (χ3n) is 6.88. The molecule has 0 bridgehead atoms. The molecule has 1 saturated heterocycles. The summed E-state index contributed by atoms with van der Waals surface area (Å²) in [5.74, 6) is -1.20. The fraction of sp³-hybridized carbons (Fsp3) is 0.423. The van der Waals surface area contributed by atoms with Crippen LogP contribution >= 0.6 is 0 Å². The number of aliphatic carboxylic acids is 1. The number of ether oxygens (including phenoxy) is 2. The zero-order valence-corrected chi connectivity index (χ0v) is 18.7. The van der Waals surface area contributed by atoms with E-state index >= 15 is 0 Å². The van der Waals surface area contributed by atoms with E-state index in [2.05, 4.69) is 22.8 Å². The van der Waals surface area contributed by atoms with Gasteiger partial charge in [-0.2, -0.15) is 0 Å². The summed E-state index contributed by atoms with van der Waals surface area (Å²) < 4.78 is 10.8. The zero-order chi connectivity index (χ0) is 23.7. The Morgan fingerprint density at radius 3 is 2.26 bits per heavy atom. The van der Waals surface area contributed by atoms with Crippen LogP contribution in [0.25, 0.3) is 11.1 Å². The number of carbonyl (C=O) groups excluding carboxylic acids is 2. The fourth-order valence-electron chi connectivity index (χ4n) is 4.96. The number of hydrogen-bond acceptors (Lipinski definition) is 5. The van der Waals surface area contributed by atoms with Gasteiger partial charge in [0.15, 0.2) is 6.10 Å². The van der Waals surface area contributed by atoms with Gasteiger partial charge in [-0.25, -0.2) is 9.59 Å². The minimum absolute atomic E-state index is 0.0687. The first-order valence-corrected chi connectivity index (χ1v) is 11.8.